The van der Waals surface area contributed by atoms with Crippen molar-refractivity contribution in [3.05, 3.63) is 0 Å². The fourth-order valence-corrected chi connectivity index (χ4v) is 3.75. The lowest BCUT2D eigenvalue weighted by atomic mass is 9.78. The lowest BCUT2D eigenvalue weighted by molar-refractivity contribution is -0.133. The number of carbonyl (C=O) groups excluding carboxylic acids is 1. The summed E-state index contributed by atoms with van der Waals surface area (Å²) in [5.41, 5.74) is 0.510. The van der Waals surface area contributed by atoms with Gasteiger partial charge in [0.1, 0.15) is 0 Å². The average molecular weight is 266 g/mol. The Balaban J connectivity index is 1.41. The van der Waals surface area contributed by atoms with E-state index in [-0.39, 0.29) is 0 Å². The quantitative estimate of drug-likeness (QED) is 0.839. The summed E-state index contributed by atoms with van der Waals surface area (Å²) < 4.78 is 5.37. The second-order valence-electron chi connectivity index (χ2n) is 6.58. The van der Waals surface area contributed by atoms with Gasteiger partial charge >= 0.3 is 0 Å². The summed E-state index contributed by atoms with van der Waals surface area (Å²) in [4.78, 5) is 14.3. The minimum Gasteiger partial charge on any atom is -0.381 e. The molecule has 1 N–H and O–H groups in total. The third-order valence-corrected chi connectivity index (χ3v) is 5.30. The van der Waals surface area contributed by atoms with E-state index in [1.54, 1.807) is 0 Å². The van der Waals surface area contributed by atoms with Gasteiger partial charge in [0, 0.05) is 39.3 Å². The van der Waals surface area contributed by atoms with Gasteiger partial charge in [0.2, 0.25) is 5.91 Å². The van der Waals surface area contributed by atoms with Crippen molar-refractivity contribution < 1.29 is 9.53 Å². The highest BCUT2D eigenvalue weighted by molar-refractivity contribution is 5.76. The van der Waals surface area contributed by atoms with Gasteiger partial charge in [-0.3, -0.25) is 4.79 Å². The van der Waals surface area contributed by atoms with Crippen molar-refractivity contribution in [1.82, 2.24) is 10.2 Å². The van der Waals surface area contributed by atoms with Crippen LogP contribution < -0.4 is 5.32 Å². The fourth-order valence-electron chi connectivity index (χ4n) is 3.75. The molecule has 0 radical (unpaired) electrons. The Labute approximate surface area is 115 Å². The zero-order chi connectivity index (χ0) is 13.1. The highest BCUT2D eigenvalue weighted by Crippen LogP contribution is 2.37. The van der Waals surface area contributed by atoms with Crippen LogP contribution in [0.3, 0.4) is 0 Å². The minimum atomic E-state index is 0.368. The first kappa shape index (κ1) is 13.4. The highest BCUT2D eigenvalue weighted by Gasteiger charge is 2.37. The Morgan fingerprint density at radius 1 is 1.32 bits per heavy atom. The largest absolute Gasteiger partial charge is 0.381 e. The zero-order valence-corrected chi connectivity index (χ0v) is 11.8. The Morgan fingerprint density at radius 3 is 2.79 bits per heavy atom. The predicted molar refractivity (Wildman–Crippen MR) is 73.9 cm³/mol. The van der Waals surface area contributed by atoms with Crippen LogP contribution in [0.25, 0.3) is 0 Å². The van der Waals surface area contributed by atoms with Crippen LogP contribution in [0.5, 0.6) is 0 Å². The highest BCUT2D eigenvalue weighted by atomic mass is 16.5. The smallest absolute Gasteiger partial charge is 0.222 e. The van der Waals surface area contributed by atoms with Crippen molar-refractivity contribution in [3.63, 3.8) is 0 Å². The number of carbonyl (C=O) groups is 1. The van der Waals surface area contributed by atoms with E-state index in [9.17, 15) is 4.79 Å². The molecule has 0 aromatic rings. The number of nitrogens with zero attached hydrogens (tertiary/aromatic N) is 1. The molecule has 0 bridgehead atoms. The van der Waals surface area contributed by atoms with Gasteiger partial charge < -0.3 is 15.0 Å². The van der Waals surface area contributed by atoms with E-state index in [1.165, 1.54) is 19.3 Å². The van der Waals surface area contributed by atoms with Crippen molar-refractivity contribution in [1.29, 1.82) is 0 Å². The van der Waals surface area contributed by atoms with Gasteiger partial charge in [-0.25, -0.2) is 0 Å². The molecule has 1 amide bonds. The van der Waals surface area contributed by atoms with Gasteiger partial charge in [0.05, 0.1) is 0 Å². The number of rotatable bonds is 3. The third kappa shape index (κ3) is 3.11. The molecule has 0 saturated carbocycles. The van der Waals surface area contributed by atoms with E-state index in [0.29, 0.717) is 17.2 Å². The number of hydrogen-bond acceptors (Lipinski definition) is 3. The molecule has 3 heterocycles. The molecule has 3 aliphatic heterocycles. The van der Waals surface area contributed by atoms with E-state index in [4.69, 9.17) is 4.74 Å². The molecule has 3 saturated heterocycles. The molecule has 0 aromatic heterocycles. The van der Waals surface area contributed by atoms with Gasteiger partial charge in [-0.15, -0.1) is 0 Å². The number of likely N-dealkylation sites (tertiary alicyclic amines) is 1. The van der Waals surface area contributed by atoms with Crippen LogP contribution in [0, 0.1) is 11.3 Å². The average Bonchev–Trinajstić information content (AvgIpc) is 3.09. The minimum absolute atomic E-state index is 0.368. The number of amides is 1. The number of nitrogens with one attached hydrogen (secondary N) is 1. The van der Waals surface area contributed by atoms with Crippen LogP contribution in [0.2, 0.25) is 0 Å². The predicted octanol–water partition coefficient (Wildman–Crippen LogP) is 1.41. The molecule has 108 valence electrons. The normalized spacial score (nSPS) is 30.1. The molecule has 3 rings (SSSR count). The van der Waals surface area contributed by atoms with E-state index >= 15 is 0 Å². The summed E-state index contributed by atoms with van der Waals surface area (Å²) in [5, 5.41) is 3.47. The molecule has 1 spiro atoms. The van der Waals surface area contributed by atoms with Crippen molar-refractivity contribution in [2.24, 2.45) is 11.3 Å². The SMILES string of the molecule is O=C(CCC1CCOC1)N1CCC2(CCNC2)CC1. The van der Waals surface area contributed by atoms with Gasteiger partial charge in [0.25, 0.3) is 0 Å². The van der Waals surface area contributed by atoms with Crippen LogP contribution >= 0.6 is 0 Å². The monoisotopic (exact) mass is 266 g/mol. The number of piperidine rings is 1. The number of hydrogen-bond donors (Lipinski definition) is 1. The summed E-state index contributed by atoms with van der Waals surface area (Å²) in [6.07, 6.45) is 6.56. The first-order chi connectivity index (χ1) is 9.27. The molecule has 3 fully saturated rings. The lowest BCUT2D eigenvalue weighted by Gasteiger charge is -2.39. The summed E-state index contributed by atoms with van der Waals surface area (Å²) in [6, 6.07) is 0. The van der Waals surface area contributed by atoms with Crippen molar-refractivity contribution in [2.75, 3.05) is 39.4 Å². The van der Waals surface area contributed by atoms with Crippen molar-refractivity contribution in [2.45, 2.75) is 38.5 Å². The van der Waals surface area contributed by atoms with Gasteiger partial charge in [-0.2, -0.15) is 0 Å². The maximum Gasteiger partial charge on any atom is 0.222 e. The van der Waals surface area contributed by atoms with Crippen LogP contribution in [-0.2, 0) is 9.53 Å². The maximum absolute atomic E-state index is 12.2. The maximum atomic E-state index is 12.2. The summed E-state index contributed by atoms with van der Waals surface area (Å²) in [5.74, 6) is 0.992. The fraction of sp³-hybridized carbons (Fsp3) is 0.933. The van der Waals surface area contributed by atoms with E-state index in [0.717, 1.165) is 58.7 Å². The third-order valence-electron chi connectivity index (χ3n) is 5.30. The zero-order valence-electron chi connectivity index (χ0n) is 11.8. The number of ether oxygens (including phenoxy) is 1. The summed E-state index contributed by atoms with van der Waals surface area (Å²) >= 11 is 0. The molecule has 1 unspecified atom stereocenters. The van der Waals surface area contributed by atoms with Gasteiger partial charge in [-0.05, 0) is 50.0 Å². The van der Waals surface area contributed by atoms with Crippen LogP contribution in [0.4, 0.5) is 0 Å². The molecule has 4 nitrogen and oxygen atoms in total. The first-order valence-corrected chi connectivity index (χ1v) is 7.84. The van der Waals surface area contributed by atoms with Crippen molar-refractivity contribution in [3.8, 4) is 0 Å². The van der Waals surface area contributed by atoms with E-state index in [2.05, 4.69) is 10.2 Å². The molecule has 0 aliphatic carbocycles. The van der Waals surface area contributed by atoms with Gasteiger partial charge in [-0.1, -0.05) is 0 Å². The Kier molecular flexibility index (Phi) is 4.08. The van der Waals surface area contributed by atoms with Gasteiger partial charge in [0.15, 0.2) is 0 Å². The Morgan fingerprint density at radius 2 is 2.16 bits per heavy atom. The molecular weight excluding hydrogens is 240 g/mol. The standard InChI is InChI=1S/C15H26N2O2/c18-14(2-1-13-3-10-19-11-13)17-8-5-15(6-9-17)4-7-16-12-15/h13,16H,1-12H2. The Hall–Kier alpha value is -0.610. The molecule has 0 aromatic carbocycles. The van der Waals surface area contributed by atoms with E-state index < -0.39 is 0 Å². The lowest BCUT2D eigenvalue weighted by Crippen LogP contribution is -2.44. The van der Waals surface area contributed by atoms with Crippen molar-refractivity contribution >= 4 is 5.91 Å². The molecule has 4 heteroatoms. The molecule has 1 atom stereocenters. The first-order valence-electron chi connectivity index (χ1n) is 7.84. The van der Waals surface area contributed by atoms with Crippen LogP contribution in [0.1, 0.15) is 38.5 Å². The second-order valence-corrected chi connectivity index (χ2v) is 6.58. The molecule has 3 aliphatic rings. The van der Waals surface area contributed by atoms with Crippen LogP contribution in [0.15, 0.2) is 0 Å². The van der Waals surface area contributed by atoms with E-state index in [1.807, 2.05) is 0 Å². The van der Waals surface area contributed by atoms with Crippen LogP contribution in [-0.4, -0.2) is 50.2 Å². The Bertz CT molecular complexity index is 310. The summed E-state index contributed by atoms with van der Waals surface area (Å²) in [6.45, 7) is 6.02. The molecular formula is C15H26N2O2. The summed E-state index contributed by atoms with van der Waals surface area (Å²) in [7, 11) is 0. The second kappa shape index (κ2) is 5.80. The molecule has 19 heavy (non-hydrogen) atoms. The topological polar surface area (TPSA) is 41.6 Å².